The van der Waals surface area contributed by atoms with Gasteiger partial charge in [-0.05, 0) is 62.8 Å². The SMILES string of the molecule is Nc1ccc(-c2nc3c(c(N4[C@@H]5CC[C@H]4COC5)n2)CCC2(CC2)O3)cc1. The molecule has 0 radical (unpaired) electrons. The molecule has 2 N–H and O–H groups in total. The molecule has 1 saturated carbocycles. The third kappa shape index (κ3) is 2.50. The van der Waals surface area contributed by atoms with Crippen molar-refractivity contribution in [2.24, 2.45) is 0 Å². The Balaban J connectivity index is 1.49. The molecule has 1 aromatic carbocycles. The molecule has 3 fully saturated rings. The summed E-state index contributed by atoms with van der Waals surface area (Å²) in [7, 11) is 0. The van der Waals surface area contributed by atoms with Gasteiger partial charge in [-0.25, -0.2) is 4.98 Å². The van der Waals surface area contributed by atoms with Gasteiger partial charge in [0.1, 0.15) is 11.4 Å². The largest absolute Gasteiger partial charge is 0.471 e. The van der Waals surface area contributed by atoms with Crippen molar-refractivity contribution in [2.75, 3.05) is 23.8 Å². The van der Waals surface area contributed by atoms with Crippen LogP contribution >= 0.6 is 0 Å². The second-order valence-electron chi connectivity index (χ2n) is 8.39. The number of aromatic nitrogens is 2. The summed E-state index contributed by atoms with van der Waals surface area (Å²) in [5.74, 6) is 2.59. The number of rotatable bonds is 2. The Labute approximate surface area is 158 Å². The maximum Gasteiger partial charge on any atom is 0.222 e. The summed E-state index contributed by atoms with van der Waals surface area (Å²) in [5, 5.41) is 0. The Kier molecular flexibility index (Phi) is 3.24. The van der Waals surface area contributed by atoms with E-state index >= 15 is 0 Å². The Morgan fingerprint density at radius 3 is 2.44 bits per heavy atom. The van der Waals surface area contributed by atoms with Gasteiger partial charge in [0.2, 0.25) is 5.88 Å². The number of hydrogen-bond acceptors (Lipinski definition) is 6. The molecule has 2 aromatic rings. The third-order valence-corrected chi connectivity index (χ3v) is 6.55. The highest BCUT2D eigenvalue weighted by atomic mass is 16.5. The van der Waals surface area contributed by atoms with Crippen molar-refractivity contribution >= 4 is 11.5 Å². The zero-order valence-corrected chi connectivity index (χ0v) is 15.4. The van der Waals surface area contributed by atoms with Crippen molar-refractivity contribution in [3.63, 3.8) is 0 Å². The molecule has 3 aliphatic heterocycles. The number of fused-ring (bicyclic) bond motifs is 3. The van der Waals surface area contributed by atoms with Crippen molar-refractivity contribution < 1.29 is 9.47 Å². The third-order valence-electron chi connectivity index (χ3n) is 6.55. The second kappa shape index (κ2) is 5.58. The first-order chi connectivity index (χ1) is 13.2. The number of nitrogen functional groups attached to an aromatic ring is 1. The van der Waals surface area contributed by atoms with E-state index in [-0.39, 0.29) is 5.60 Å². The number of ether oxygens (including phenoxy) is 2. The van der Waals surface area contributed by atoms with Crippen LogP contribution in [-0.4, -0.2) is 40.9 Å². The zero-order chi connectivity index (χ0) is 18.0. The van der Waals surface area contributed by atoms with Crippen LogP contribution in [0.25, 0.3) is 11.4 Å². The van der Waals surface area contributed by atoms with E-state index in [2.05, 4.69) is 4.90 Å². The Bertz CT molecular complexity index is 878. The lowest BCUT2D eigenvalue weighted by atomic mass is 10.0. The number of benzene rings is 1. The molecule has 1 aromatic heterocycles. The lowest BCUT2D eigenvalue weighted by Gasteiger charge is -2.38. The number of morpholine rings is 1. The number of nitrogens with two attached hydrogens (primary N) is 1. The molecule has 27 heavy (non-hydrogen) atoms. The summed E-state index contributed by atoms with van der Waals surface area (Å²) < 4.78 is 12.2. The van der Waals surface area contributed by atoms with E-state index in [0.717, 1.165) is 67.7 Å². The molecule has 1 spiro atoms. The number of nitrogens with zero attached hydrogens (tertiary/aromatic N) is 3. The molecule has 4 heterocycles. The van der Waals surface area contributed by atoms with E-state index in [0.29, 0.717) is 12.1 Å². The van der Waals surface area contributed by atoms with Crippen molar-refractivity contribution in [3.05, 3.63) is 29.8 Å². The van der Waals surface area contributed by atoms with Gasteiger partial charge in [-0.1, -0.05) is 0 Å². The molecule has 140 valence electrons. The lowest BCUT2D eigenvalue weighted by molar-refractivity contribution is 0.0896. The standard InChI is InChI=1S/C21H24N4O2/c22-14-3-1-13(2-4-14)18-23-19(25-15-5-6-16(25)12-26-11-15)17-7-8-21(9-10-21)27-20(17)24-18/h1-4,15-16H,5-12,22H2/t15-,16+. The highest BCUT2D eigenvalue weighted by molar-refractivity contribution is 5.65. The van der Waals surface area contributed by atoms with Crippen LogP contribution in [0.1, 0.15) is 37.7 Å². The Hall–Kier alpha value is -2.34. The fourth-order valence-corrected chi connectivity index (χ4v) is 4.80. The first-order valence-corrected chi connectivity index (χ1v) is 10.0. The summed E-state index contributed by atoms with van der Waals surface area (Å²) >= 11 is 0. The molecule has 4 aliphatic rings. The minimum Gasteiger partial charge on any atom is -0.471 e. The van der Waals surface area contributed by atoms with Crippen LogP contribution in [0.5, 0.6) is 5.88 Å². The Morgan fingerprint density at radius 2 is 1.74 bits per heavy atom. The van der Waals surface area contributed by atoms with Gasteiger partial charge < -0.3 is 20.1 Å². The van der Waals surface area contributed by atoms with Gasteiger partial charge >= 0.3 is 0 Å². The van der Waals surface area contributed by atoms with Gasteiger partial charge in [0, 0.05) is 11.3 Å². The minimum absolute atomic E-state index is 0.0427. The van der Waals surface area contributed by atoms with Gasteiger partial charge in [-0.3, -0.25) is 0 Å². The average molecular weight is 364 g/mol. The normalized spacial score (nSPS) is 27.3. The van der Waals surface area contributed by atoms with Crippen molar-refractivity contribution in [2.45, 2.75) is 56.2 Å². The van der Waals surface area contributed by atoms with E-state index in [1.165, 1.54) is 18.4 Å². The average Bonchev–Trinajstić information content (AvgIpc) is 3.38. The maximum absolute atomic E-state index is 6.40. The number of hydrogen-bond donors (Lipinski definition) is 1. The molecule has 6 rings (SSSR count). The first kappa shape index (κ1) is 15.7. The van der Waals surface area contributed by atoms with Crippen molar-refractivity contribution in [1.29, 1.82) is 0 Å². The molecule has 0 unspecified atom stereocenters. The molecule has 2 bridgehead atoms. The molecular formula is C21H24N4O2. The van der Waals surface area contributed by atoms with E-state index in [1.807, 2.05) is 24.3 Å². The second-order valence-corrected chi connectivity index (χ2v) is 8.39. The van der Waals surface area contributed by atoms with E-state index in [4.69, 9.17) is 25.2 Å². The molecule has 6 nitrogen and oxygen atoms in total. The highest BCUT2D eigenvalue weighted by Gasteiger charge is 2.49. The highest BCUT2D eigenvalue weighted by Crippen LogP contribution is 2.50. The molecular weight excluding hydrogens is 340 g/mol. The summed E-state index contributed by atoms with van der Waals surface area (Å²) in [5.41, 5.74) is 8.82. The molecule has 1 aliphatic carbocycles. The van der Waals surface area contributed by atoms with Crippen LogP contribution < -0.4 is 15.4 Å². The Morgan fingerprint density at radius 1 is 1.00 bits per heavy atom. The van der Waals surface area contributed by atoms with Gasteiger partial charge in [0.15, 0.2) is 5.82 Å². The van der Waals surface area contributed by atoms with Crippen molar-refractivity contribution in [3.8, 4) is 17.3 Å². The molecule has 0 amide bonds. The predicted octanol–water partition coefficient (Wildman–Crippen LogP) is 2.95. The van der Waals surface area contributed by atoms with E-state index in [1.54, 1.807) is 0 Å². The van der Waals surface area contributed by atoms with Crippen LogP contribution in [0.15, 0.2) is 24.3 Å². The zero-order valence-electron chi connectivity index (χ0n) is 15.4. The molecule has 6 heteroatoms. The monoisotopic (exact) mass is 364 g/mol. The quantitative estimate of drug-likeness (QED) is 0.826. The number of anilines is 2. The van der Waals surface area contributed by atoms with Crippen LogP contribution in [0.3, 0.4) is 0 Å². The minimum atomic E-state index is 0.0427. The van der Waals surface area contributed by atoms with Crippen LogP contribution in [-0.2, 0) is 11.2 Å². The van der Waals surface area contributed by atoms with Gasteiger partial charge in [-0.15, -0.1) is 0 Å². The maximum atomic E-state index is 6.40. The summed E-state index contributed by atoms with van der Waals surface area (Å²) in [6.45, 7) is 1.58. The fourth-order valence-electron chi connectivity index (χ4n) is 4.80. The summed E-state index contributed by atoms with van der Waals surface area (Å²) in [6, 6.07) is 8.62. The van der Waals surface area contributed by atoms with Crippen LogP contribution in [0.2, 0.25) is 0 Å². The lowest BCUT2D eigenvalue weighted by Crippen LogP contribution is -2.47. The topological polar surface area (TPSA) is 73.5 Å². The van der Waals surface area contributed by atoms with Gasteiger partial charge in [0.05, 0.1) is 30.9 Å². The van der Waals surface area contributed by atoms with E-state index in [9.17, 15) is 0 Å². The summed E-state index contributed by atoms with van der Waals surface area (Å²) in [4.78, 5) is 12.4. The van der Waals surface area contributed by atoms with Crippen LogP contribution in [0.4, 0.5) is 11.5 Å². The van der Waals surface area contributed by atoms with Crippen LogP contribution in [0, 0.1) is 0 Å². The van der Waals surface area contributed by atoms with E-state index < -0.39 is 0 Å². The fraction of sp³-hybridized carbons (Fsp3) is 0.524. The molecule has 2 atom stereocenters. The first-order valence-electron chi connectivity index (χ1n) is 10.0. The summed E-state index contributed by atoms with van der Waals surface area (Å²) in [6.07, 6.45) is 6.72. The smallest absolute Gasteiger partial charge is 0.222 e. The van der Waals surface area contributed by atoms with Gasteiger partial charge in [0.25, 0.3) is 0 Å². The van der Waals surface area contributed by atoms with Crippen molar-refractivity contribution in [1.82, 2.24) is 9.97 Å². The molecule has 2 saturated heterocycles. The van der Waals surface area contributed by atoms with Gasteiger partial charge in [-0.2, -0.15) is 4.98 Å². The predicted molar refractivity (Wildman–Crippen MR) is 103 cm³/mol.